The number of aliphatic hydroxyl groups excluding tert-OH is 1. The maximum absolute atomic E-state index is 13.3. The van der Waals surface area contributed by atoms with Gasteiger partial charge in [0.25, 0.3) is 0 Å². The van der Waals surface area contributed by atoms with Crippen LogP contribution < -0.4 is 26.8 Å². The van der Waals surface area contributed by atoms with Crippen molar-refractivity contribution in [3.63, 3.8) is 0 Å². The monoisotopic (exact) mass is 384 g/mol. The normalized spacial score (nSPS) is 23.8. The number of rotatable bonds is 3. The molecule has 2 aromatic rings. The molecule has 3 heterocycles. The number of hydrogen-bond donors (Lipinski definition) is 4. The van der Waals surface area contributed by atoms with Gasteiger partial charge in [0, 0.05) is 18.5 Å². The van der Waals surface area contributed by atoms with Gasteiger partial charge in [0.05, 0.1) is 12.0 Å². The quantitative estimate of drug-likeness (QED) is 0.614. The molecule has 9 heteroatoms. The van der Waals surface area contributed by atoms with Crippen molar-refractivity contribution >= 4 is 0 Å². The van der Waals surface area contributed by atoms with Gasteiger partial charge in [-0.15, -0.1) is 0 Å². The van der Waals surface area contributed by atoms with E-state index in [0.717, 1.165) is 11.6 Å². The second-order valence-corrected chi connectivity index (χ2v) is 6.62. The topological polar surface area (TPSA) is 134 Å². The Balaban J connectivity index is 1.85. The fourth-order valence-electron chi connectivity index (χ4n) is 3.74. The molecular formula is C19H17FN4O4. The van der Waals surface area contributed by atoms with E-state index >= 15 is 0 Å². The molecule has 3 unspecified atom stereocenters. The van der Waals surface area contributed by atoms with Crippen LogP contribution in [0.4, 0.5) is 4.39 Å². The summed E-state index contributed by atoms with van der Waals surface area (Å²) in [5, 5.41) is 19.1. The lowest BCUT2D eigenvalue weighted by Crippen LogP contribution is -2.31. The summed E-state index contributed by atoms with van der Waals surface area (Å²) in [7, 11) is 0. The molecule has 1 aromatic heterocycles. The van der Waals surface area contributed by atoms with Gasteiger partial charge in [-0.2, -0.15) is 5.26 Å². The zero-order valence-corrected chi connectivity index (χ0v) is 14.6. The standard InChI is InChI=1S/C19H17FN4O4/c20-10-3-1-9(2-4-10)16-13(7-23-24-16)15-12(6-21)19(22)28-17-14(26)5-11(8-25)27-18(15)17/h1-5,13,15-16,23-25H,7-8,22H2. The largest absolute Gasteiger partial charge is 0.459 e. The summed E-state index contributed by atoms with van der Waals surface area (Å²) in [6, 6.07) is 8.86. The lowest BCUT2D eigenvalue weighted by molar-refractivity contribution is 0.222. The molecule has 4 rings (SSSR count). The first-order chi connectivity index (χ1) is 13.5. The summed E-state index contributed by atoms with van der Waals surface area (Å²) in [6.45, 7) is -0.0451. The van der Waals surface area contributed by atoms with Crippen LogP contribution in [0.3, 0.4) is 0 Å². The Morgan fingerprint density at radius 2 is 2.11 bits per heavy atom. The molecule has 0 amide bonds. The SMILES string of the molecule is N#CC1=C(N)Oc2c(oc(CO)cc2=O)C1C1CNNC1c1ccc(F)cc1. The second kappa shape index (κ2) is 7.09. The number of benzene rings is 1. The first-order valence-electron chi connectivity index (χ1n) is 8.62. The van der Waals surface area contributed by atoms with Crippen LogP contribution in [0, 0.1) is 23.1 Å². The molecular weight excluding hydrogens is 367 g/mol. The predicted molar refractivity (Wildman–Crippen MR) is 94.9 cm³/mol. The molecule has 5 N–H and O–H groups in total. The second-order valence-electron chi connectivity index (χ2n) is 6.62. The van der Waals surface area contributed by atoms with Crippen LogP contribution in [0.25, 0.3) is 0 Å². The van der Waals surface area contributed by atoms with Crippen LogP contribution >= 0.6 is 0 Å². The number of halogens is 1. The van der Waals surface area contributed by atoms with Gasteiger partial charge in [-0.3, -0.25) is 10.2 Å². The molecule has 0 bridgehead atoms. The van der Waals surface area contributed by atoms with Gasteiger partial charge >= 0.3 is 0 Å². The molecule has 28 heavy (non-hydrogen) atoms. The number of nitrogens with two attached hydrogens (primary N) is 1. The lowest BCUT2D eigenvalue weighted by Gasteiger charge is -2.31. The van der Waals surface area contributed by atoms with Crippen LogP contribution in [0.15, 0.2) is 51.0 Å². The first-order valence-corrected chi connectivity index (χ1v) is 8.62. The number of nitriles is 1. The van der Waals surface area contributed by atoms with Crippen LogP contribution in [-0.2, 0) is 6.61 Å². The van der Waals surface area contributed by atoms with Crippen molar-refractivity contribution in [3.05, 3.63) is 74.9 Å². The maximum atomic E-state index is 13.3. The molecule has 0 spiro atoms. The molecule has 0 radical (unpaired) electrons. The molecule has 144 valence electrons. The minimum absolute atomic E-state index is 0.0624. The van der Waals surface area contributed by atoms with E-state index in [0.29, 0.717) is 6.54 Å². The van der Waals surface area contributed by atoms with Crippen molar-refractivity contribution in [2.45, 2.75) is 18.6 Å². The summed E-state index contributed by atoms with van der Waals surface area (Å²) in [4.78, 5) is 12.4. The van der Waals surface area contributed by atoms with E-state index in [4.69, 9.17) is 14.9 Å². The van der Waals surface area contributed by atoms with E-state index < -0.39 is 18.0 Å². The third-order valence-electron chi connectivity index (χ3n) is 5.01. The number of nitrogens with one attached hydrogen (secondary N) is 2. The molecule has 2 aliphatic rings. The minimum atomic E-state index is -0.689. The molecule has 1 saturated heterocycles. The van der Waals surface area contributed by atoms with E-state index in [-0.39, 0.29) is 46.5 Å². The van der Waals surface area contributed by atoms with Crippen molar-refractivity contribution in [2.24, 2.45) is 11.7 Å². The fourth-order valence-corrected chi connectivity index (χ4v) is 3.74. The van der Waals surface area contributed by atoms with Gasteiger partial charge in [-0.1, -0.05) is 12.1 Å². The molecule has 1 fully saturated rings. The molecule has 0 saturated carbocycles. The molecule has 2 aliphatic heterocycles. The summed E-state index contributed by atoms with van der Waals surface area (Å²) < 4.78 is 24.4. The van der Waals surface area contributed by atoms with Crippen molar-refractivity contribution in [2.75, 3.05) is 6.54 Å². The number of hydrogen-bond acceptors (Lipinski definition) is 8. The highest BCUT2D eigenvalue weighted by Crippen LogP contribution is 2.46. The van der Waals surface area contributed by atoms with E-state index in [9.17, 15) is 19.6 Å². The van der Waals surface area contributed by atoms with Crippen LogP contribution in [0.1, 0.15) is 29.0 Å². The molecule has 1 aromatic carbocycles. The van der Waals surface area contributed by atoms with Crippen molar-refractivity contribution < 1.29 is 18.7 Å². The van der Waals surface area contributed by atoms with Crippen LogP contribution in [0.2, 0.25) is 0 Å². The predicted octanol–water partition coefficient (Wildman–Crippen LogP) is 0.906. The van der Waals surface area contributed by atoms with Gasteiger partial charge in [0.1, 0.15) is 29.8 Å². The first kappa shape index (κ1) is 18.2. The van der Waals surface area contributed by atoms with E-state index in [2.05, 4.69) is 10.9 Å². The van der Waals surface area contributed by atoms with E-state index in [1.807, 2.05) is 6.07 Å². The summed E-state index contributed by atoms with van der Waals surface area (Å²) in [6.07, 6.45) is 0. The average Bonchev–Trinajstić information content (AvgIpc) is 3.17. The van der Waals surface area contributed by atoms with Gasteiger partial charge in [0.2, 0.25) is 17.1 Å². The zero-order chi connectivity index (χ0) is 19.8. The van der Waals surface area contributed by atoms with Crippen molar-refractivity contribution in [1.82, 2.24) is 10.9 Å². The molecule has 3 atom stereocenters. The number of hydrazine groups is 1. The number of allylic oxidation sites excluding steroid dienone is 1. The fraction of sp³-hybridized carbons (Fsp3) is 0.263. The van der Waals surface area contributed by atoms with Crippen molar-refractivity contribution in [1.29, 1.82) is 5.26 Å². The Hall–Kier alpha value is -3.19. The third kappa shape index (κ3) is 2.93. The number of aliphatic hydroxyl groups is 1. The summed E-state index contributed by atoms with van der Waals surface area (Å²) >= 11 is 0. The Morgan fingerprint density at radius 1 is 1.36 bits per heavy atom. The average molecular weight is 384 g/mol. The highest BCUT2D eigenvalue weighted by Gasteiger charge is 2.44. The van der Waals surface area contributed by atoms with Crippen molar-refractivity contribution in [3.8, 4) is 11.8 Å². The number of fused-ring (bicyclic) bond motifs is 1. The Labute approximate surface area is 159 Å². The van der Waals surface area contributed by atoms with E-state index in [1.54, 1.807) is 12.1 Å². The molecule has 0 aliphatic carbocycles. The summed E-state index contributed by atoms with van der Waals surface area (Å²) in [5.74, 6) is -1.39. The number of ether oxygens (including phenoxy) is 1. The maximum Gasteiger partial charge on any atom is 0.228 e. The van der Waals surface area contributed by atoms with E-state index in [1.165, 1.54) is 12.1 Å². The Kier molecular flexibility index (Phi) is 4.60. The van der Waals surface area contributed by atoms with Gasteiger partial charge < -0.3 is 20.0 Å². The van der Waals surface area contributed by atoms with Gasteiger partial charge in [0.15, 0.2) is 5.76 Å². The molecule has 8 nitrogen and oxygen atoms in total. The highest BCUT2D eigenvalue weighted by molar-refractivity contribution is 5.47. The summed E-state index contributed by atoms with van der Waals surface area (Å²) in [5.41, 5.74) is 12.5. The van der Waals surface area contributed by atoms with Gasteiger partial charge in [-0.25, -0.2) is 9.82 Å². The Morgan fingerprint density at radius 3 is 2.79 bits per heavy atom. The highest BCUT2D eigenvalue weighted by atomic mass is 19.1. The number of nitrogens with zero attached hydrogens (tertiary/aromatic N) is 1. The van der Waals surface area contributed by atoms with Gasteiger partial charge in [-0.05, 0) is 17.7 Å². The lowest BCUT2D eigenvalue weighted by atomic mass is 9.77. The van der Waals surface area contributed by atoms with Crippen LogP contribution in [0.5, 0.6) is 5.75 Å². The minimum Gasteiger partial charge on any atom is -0.459 e. The van der Waals surface area contributed by atoms with Crippen LogP contribution in [-0.4, -0.2) is 11.7 Å². The zero-order valence-electron chi connectivity index (χ0n) is 14.6. The smallest absolute Gasteiger partial charge is 0.228 e. The third-order valence-corrected chi connectivity index (χ3v) is 5.01. The Bertz CT molecular complexity index is 1040.